The molecule has 1 aliphatic heterocycles. The van der Waals surface area contributed by atoms with Gasteiger partial charge >= 0.3 is 0 Å². The molecule has 1 nitrogen and oxygen atoms in total. The number of benzene rings is 1. The van der Waals surface area contributed by atoms with Crippen LogP contribution in [-0.2, 0) is 4.74 Å². The van der Waals surface area contributed by atoms with E-state index < -0.39 is 0 Å². The van der Waals surface area contributed by atoms with Crippen LogP contribution in [0.4, 0.5) is 0 Å². The minimum absolute atomic E-state index is 0.200. The van der Waals surface area contributed by atoms with Gasteiger partial charge in [-0.15, -0.1) is 0 Å². The second-order valence-corrected chi connectivity index (χ2v) is 3.14. The summed E-state index contributed by atoms with van der Waals surface area (Å²) in [6.45, 7) is 4.07. The molecule has 0 saturated carbocycles. The van der Waals surface area contributed by atoms with Gasteiger partial charge < -0.3 is 4.74 Å². The molecule has 1 aliphatic rings. The van der Waals surface area contributed by atoms with Crippen LogP contribution in [0.1, 0.15) is 31.1 Å². The van der Waals surface area contributed by atoms with Crippen molar-refractivity contribution in [2.75, 3.05) is 0 Å². The average Bonchev–Trinajstić information content (AvgIpc) is 2.04. The van der Waals surface area contributed by atoms with Gasteiger partial charge in [-0.25, -0.2) is 0 Å². The molecule has 62 valence electrons. The zero-order valence-corrected chi connectivity index (χ0v) is 7.37. The van der Waals surface area contributed by atoms with Gasteiger partial charge in [0.15, 0.2) is 0 Å². The summed E-state index contributed by atoms with van der Waals surface area (Å²) in [6.07, 6.45) is 2.28. The van der Waals surface area contributed by atoms with E-state index in [4.69, 9.17) is 4.74 Å². The molecular formula is C11H12O. The Bertz CT molecular complexity index is 326. The molecular weight excluding hydrogens is 148 g/mol. The summed E-state index contributed by atoms with van der Waals surface area (Å²) in [5, 5.41) is 0. The van der Waals surface area contributed by atoms with Crippen LogP contribution in [0.3, 0.4) is 0 Å². The molecule has 0 amide bonds. The first-order valence-corrected chi connectivity index (χ1v) is 4.21. The normalized spacial score (nSPS) is 20.8. The third-order valence-electron chi connectivity index (χ3n) is 2.16. The highest BCUT2D eigenvalue weighted by Gasteiger charge is 2.14. The third-order valence-corrected chi connectivity index (χ3v) is 2.16. The van der Waals surface area contributed by atoms with E-state index in [9.17, 15) is 0 Å². The molecule has 0 bridgehead atoms. The van der Waals surface area contributed by atoms with Crippen molar-refractivity contribution in [2.45, 2.75) is 20.0 Å². The fourth-order valence-electron chi connectivity index (χ4n) is 1.61. The van der Waals surface area contributed by atoms with Gasteiger partial charge in [-0.1, -0.05) is 24.3 Å². The minimum Gasteiger partial charge on any atom is -0.491 e. The fourth-order valence-corrected chi connectivity index (χ4v) is 1.61. The van der Waals surface area contributed by atoms with Crippen molar-refractivity contribution >= 4 is 6.08 Å². The van der Waals surface area contributed by atoms with Crippen molar-refractivity contribution in [3.05, 3.63) is 41.2 Å². The topological polar surface area (TPSA) is 9.23 Å². The van der Waals surface area contributed by atoms with Crippen LogP contribution in [0.15, 0.2) is 30.0 Å². The second kappa shape index (κ2) is 2.67. The first kappa shape index (κ1) is 7.41. The van der Waals surface area contributed by atoms with Gasteiger partial charge in [-0.2, -0.15) is 0 Å². The lowest BCUT2D eigenvalue weighted by Gasteiger charge is -2.22. The average molecular weight is 160 g/mol. The maximum atomic E-state index is 5.57. The first-order valence-electron chi connectivity index (χ1n) is 4.21. The molecule has 1 atom stereocenters. The highest BCUT2D eigenvalue weighted by molar-refractivity contribution is 5.57. The number of fused-ring (bicyclic) bond motifs is 1. The lowest BCUT2D eigenvalue weighted by Crippen LogP contribution is -2.05. The Kier molecular flexibility index (Phi) is 1.65. The SMILES string of the molecule is CC1=Cc2ccccc2[C@@H](C)O1. The highest BCUT2D eigenvalue weighted by atomic mass is 16.5. The minimum atomic E-state index is 0.200. The Morgan fingerprint density at radius 1 is 1.25 bits per heavy atom. The Morgan fingerprint density at radius 2 is 2.00 bits per heavy atom. The van der Waals surface area contributed by atoms with E-state index in [1.165, 1.54) is 11.1 Å². The van der Waals surface area contributed by atoms with Gasteiger partial charge in [0.05, 0.1) is 5.76 Å². The lowest BCUT2D eigenvalue weighted by atomic mass is 10.0. The molecule has 0 spiro atoms. The summed E-state index contributed by atoms with van der Waals surface area (Å²) in [5.74, 6) is 1.00. The van der Waals surface area contributed by atoms with E-state index in [0.29, 0.717) is 0 Å². The summed E-state index contributed by atoms with van der Waals surface area (Å²) in [7, 11) is 0. The molecule has 0 unspecified atom stereocenters. The van der Waals surface area contributed by atoms with Crippen molar-refractivity contribution in [1.29, 1.82) is 0 Å². The Balaban J connectivity index is 2.55. The second-order valence-electron chi connectivity index (χ2n) is 3.14. The Labute approximate surface area is 72.7 Å². The molecule has 12 heavy (non-hydrogen) atoms. The molecule has 1 aromatic rings. The Hall–Kier alpha value is -1.24. The van der Waals surface area contributed by atoms with Crippen molar-refractivity contribution in [2.24, 2.45) is 0 Å². The van der Waals surface area contributed by atoms with Crippen LogP contribution < -0.4 is 0 Å². The zero-order chi connectivity index (χ0) is 8.55. The molecule has 0 N–H and O–H groups in total. The first-order chi connectivity index (χ1) is 5.77. The zero-order valence-electron chi connectivity index (χ0n) is 7.37. The summed E-state index contributed by atoms with van der Waals surface area (Å²) >= 11 is 0. The van der Waals surface area contributed by atoms with Crippen molar-refractivity contribution in [1.82, 2.24) is 0 Å². The number of ether oxygens (including phenoxy) is 1. The van der Waals surface area contributed by atoms with Gasteiger partial charge in [0, 0.05) is 0 Å². The largest absolute Gasteiger partial charge is 0.491 e. The van der Waals surface area contributed by atoms with E-state index in [0.717, 1.165) is 5.76 Å². The third kappa shape index (κ3) is 1.11. The molecule has 0 aromatic heterocycles. The molecule has 0 fully saturated rings. The number of hydrogen-bond acceptors (Lipinski definition) is 1. The smallest absolute Gasteiger partial charge is 0.121 e. The standard InChI is InChI=1S/C11H12O/c1-8-7-10-5-3-4-6-11(10)9(2)12-8/h3-7,9H,1-2H3/t9-/m1/s1. The molecule has 0 radical (unpaired) electrons. The number of allylic oxidation sites excluding steroid dienone is 1. The van der Waals surface area contributed by atoms with Crippen LogP contribution in [0, 0.1) is 0 Å². The van der Waals surface area contributed by atoms with E-state index in [1.54, 1.807) is 0 Å². The van der Waals surface area contributed by atoms with Gasteiger partial charge in [-0.3, -0.25) is 0 Å². The van der Waals surface area contributed by atoms with E-state index in [2.05, 4.69) is 31.2 Å². The maximum absolute atomic E-state index is 5.57. The van der Waals surface area contributed by atoms with Crippen LogP contribution in [0.5, 0.6) is 0 Å². The van der Waals surface area contributed by atoms with Crippen molar-refractivity contribution in [3.63, 3.8) is 0 Å². The van der Waals surface area contributed by atoms with Crippen molar-refractivity contribution in [3.8, 4) is 0 Å². The van der Waals surface area contributed by atoms with Gasteiger partial charge in [0.1, 0.15) is 6.10 Å². The quantitative estimate of drug-likeness (QED) is 0.566. The predicted octanol–water partition coefficient (Wildman–Crippen LogP) is 3.14. The van der Waals surface area contributed by atoms with E-state index in [1.807, 2.05) is 13.0 Å². The monoisotopic (exact) mass is 160 g/mol. The number of hydrogen-bond donors (Lipinski definition) is 0. The molecule has 1 heteroatoms. The van der Waals surface area contributed by atoms with E-state index in [-0.39, 0.29) is 6.10 Å². The van der Waals surface area contributed by atoms with Crippen LogP contribution >= 0.6 is 0 Å². The maximum Gasteiger partial charge on any atom is 0.121 e. The predicted molar refractivity (Wildman–Crippen MR) is 49.6 cm³/mol. The molecule has 2 rings (SSSR count). The summed E-state index contributed by atoms with van der Waals surface area (Å²) in [4.78, 5) is 0. The summed E-state index contributed by atoms with van der Waals surface area (Å²) in [6, 6.07) is 8.34. The number of rotatable bonds is 0. The van der Waals surface area contributed by atoms with Crippen LogP contribution in [-0.4, -0.2) is 0 Å². The lowest BCUT2D eigenvalue weighted by molar-refractivity contribution is 0.133. The highest BCUT2D eigenvalue weighted by Crippen LogP contribution is 2.29. The van der Waals surface area contributed by atoms with Crippen molar-refractivity contribution < 1.29 is 4.74 Å². The van der Waals surface area contributed by atoms with Crippen LogP contribution in [0.2, 0.25) is 0 Å². The summed E-state index contributed by atoms with van der Waals surface area (Å²) < 4.78 is 5.57. The molecule has 0 saturated heterocycles. The summed E-state index contributed by atoms with van der Waals surface area (Å²) in [5.41, 5.74) is 2.57. The van der Waals surface area contributed by atoms with Crippen LogP contribution in [0.25, 0.3) is 6.08 Å². The van der Waals surface area contributed by atoms with Gasteiger partial charge in [0.25, 0.3) is 0 Å². The molecule has 1 heterocycles. The molecule has 0 aliphatic carbocycles. The fraction of sp³-hybridized carbons (Fsp3) is 0.273. The molecule has 1 aromatic carbocycles. The van der Waals surface area contributed by atoms with Gasteiger partial charge in [0.2, 0.25) is 0 Å². The Morgan fingerprint density at radius 3 is 2.83 bits per heavy atom. The van der Waals surface area contributed by atoms with E-state index >= 15 is 0 Å². The van der Waals surface area contributed by atoms with Gasteiger partial charge in [-0.05, 0) is 31.1 Å².